The Labute approximate surface area is 221 Å². The second-order valence-electron chi connectivity index (χ2n) is 9.05. The normalized spacial score (nSPS) is 13.5. The number of anilines is 1. The Morgan fingerprint density at radius 1 is 1.08 bits per heavy atom. The third-order valence-corrected chi connectivity index (χ3v) is 6.66. The fourth-order valence-electron chi connectivity index (χ4n) is 4.67. The van der Waals surface area contributed by atoms with Crippen molar-refractivity contribution in [1.82, 2.24) is 4.57 Å². The van der Waals surface area contributed by atoms with Crippen LogP contribution in [0, 0.1) is 18.3 Å². The van der Waals surface area contributed by atoms with Crippen molar-refractivity contribution in [3.63, 3.8) is 0 Å². The number of ether oxygens (including phenoxy) is 1. The first kappa shape index (κ1) is 25.7. The van der Waals surface area contributed by atoms with Gasteiger partial charge in [0.25, 0.3) is 11.8 Å². The largest absolute Gasteiger partial charge is 0.497 e. The first-order chi connectivity index (χ1) is 18.6. The molecule has 1 aromatic heterocycles. The van der Waals surface area contributed by atoms with E-state index in [0.717, 1.165) is 28.1 Å². The van der Waals surface area contributed by atoms with E-state index in [0.29, 0.717) is 33.8 Å². The number of alkyl halides is 3. The summed E-state index contributed by atoms with van der Waals surface area (Å²) in [6.45, 7) is 1.80. The number of methoxy groups -OCH3 is 1. The monoisotopic (exact) mass is 530 g/mol. The number of hydrogen-bond donors (Lipinski definition) is 0. The molecule has 0 aliphatic carbocycles. The molecule has 1 aliphatic heterocycles. The summed E-state index contributed by atoms with van der Waals surface area (Å²) in [5.41, 5.74) is 2.83. The van der Waals surface area contributed by atoms with Gasteiger partial charge in [-0.1, -0.05) is 0 Å². The van der Waals surface area contributed by atoms with Crippen LogP contribution in [0.15, 0.2) is 71.8 Å². The second-order valence-corrected chi connectivity index (χ2v) is 9.05. The van der Waals surface area contributed by atoms with Gasteiger partial charge >= 0.3 is 6.18 Å². The van der Waals surface area contributed by atoms with Crippen LogP contribution in [0.1, 0.15) is 39.2 Å². The number of hydrazone groups is 1. The number of hydrogen-bond acceptors (Lipinski definition) is 5. The smallest absolute Gasteiger partial charge is 0.416 e. The Morgan fingerprint density at radius 3 is 2.38 bits per heavy atom. The van der Waals surface area contributed by atoms with Crippen molar-refractivity contribution in [2.75, 3.05) is 12.1 Å². The van der Waals surface area contributed by atoms with Crippen LogP contribution in [0.5, 0.6) is 5.75 Å². The highest BCUT2D eigenvalue weighted by atomic mass is 19.4. The molecule has 0 fully saturated rings. The molecule has 5 rings (SSSR count). The van der Waals surface area contributed by atoms with E-state index in [1.165, 1.54) is 19.2 Å². The van der Waals surface area contributed by atoms with Gasteiger partial charge in [0.05, 0.1) is 47.6 Å². The fraction of sp³-hybridized carbons (Fsp3) is 0.172. The minimum absolute atomic E-state index is 0.0132. The molecule has 0 saturated carbocycles. The zero-order valence-corrected chi connectivity index (χ0v) is 20.9. The number of aromatic nitrogens is 1. The van der Waals surface area contributed by atoms with E-state index in [-0.39, 0.29) is 30.3 Å². The van der Waals surface area contributed by atoms with Crippen LogP contribution < -0.4 is 9.75 Å². The molecule has 0 spiro atoms. The lowest BCUT2D eigenvalue weighted by Crippen LogP contribution is -2.19. The zero-order valence-electron chi connectivity index (χ0n) is 20.9. The van der Waals surface area contributed by atoms with Crippen LogP contribution in [0.25, 0.3) is 10.9 Å². The maximum absolute atomic E-state index is 13.5. The van der Waals surface area contributed by atoms with E-state index >= 15 is 0 Å². The number of nitriles is 1. The Hall–Kier alpha value is -4.91. The van der Waals surface area contributed by atoms with E-state index < -0.39 is 11.7 Å². The van der Waals surface area contributed by atoms with E-state index in [9.17, 15) is 22.8 Å². The summed E-state index contributed by atoms with van der Waals surface area (Å²) in [6.07, 6.45) is -4.25. The van der Waals surface area contributed by atoms with Crippen LogP contribution in [0.2, 0.25) is 0 Å². The average molecular weight is 531 g/mol. The molecule has 10 heteroatoms. The van der Waals surface area contributed by atoms with Crippen molar-refractivity contribution in [1.29, 1.82) is 5.26 Å². The first-order valence-corrected chi connectivity index (χ1v) is 11.9. The Kier molecular flexibility index (Phi) is 6.44. The van der Waals surface area contributed by atoms with Gasteiger partial charge in [0, 0.05) is 23.1 Å². The molecule has 0 saturated heterocycles. The summed E-state index contributed by atoms with van der Waals surface area (Å²) in [5, 5.41) is 15.3. The van der Waals surface area contributed by atoms with Crippen molar-refractivity contribution in [2.24, 2.45) is 5.10 Å². The molecular weight excluding hydrogens is 509 g/mol. The maximum atomic E-state index is 13.5. The Balaban J connectivity index is 1.52. The molecule has 0 bridgehead atoms. The molecule has 3 aromatic carbocycles. The molecule has 196 valence electrons. The van der Waals surface area contributed by atoms with Gasteiger partial charge in [-0.2, -0.15) is 23.5 Å². The number of carbonyl (C=O) groups excluding carboxylic acids is 2. The van der Waals surface area contributed by atoms with Crippen molar-refractivity contribution in [3.8, 4) is 11.8 Å². The van der Waals surface area contributed by atoms with Crippen LogP contribution in [-0.2, 0) is 17.4 Å². The van der Waals surface area contributed by atoms with Crippen LogP contribution in [-0.4, -0.2) is 29.2 Å². The summed E-state index contributed by atoms with van der Waals surface area (Å²) in [5.74, 6) is -0.0610. The number of carbonyl (C=O) groups is 2. The number of amides is 1. The molecule has 4 aromatic rings. The summed E-state index contributed by atoms with van der Waals surface area (Å²) < 4.78 is 45.8. The van der Waals surface area contributed by atoms with Crippen molar-refractivity contribution >= 4 is 34.1 Å². The molecule has 2 heterocycles. The predicted octanol–water partition coefficient (Wildman–Crippen LogP) is 5.87. The highest BCUT2D eigenvalue weighted by Crippen LogP contribution is 2.34. The number of nitrogens with zero attached hydrogens (tertiary/aromatic N) is 4. The Morgan fingerprint density at radius 2 is 1.77 bits per heavy atom. The molecule has 39 heavy (non-hydrogen) atoms. The summed E-state index contributed by atoms with van der Waals surface area (Å²) in [7, 11) is 1.54. The molecule has 0 N–H and O–H groups in total. The molecule has 1 amide bonds. The average Bonchev–Trinajstić information content (AvgIpc) is 3.43. The molecule has 1 aliphatic rings. The molecule has 7 nitrogen and oxygen atoms in total. The summed E-state index contributed by atoms with van der Waals surface area (Å²) in [4.78, 5) is 26.3. The topological polar surface area (TPSA) is 87.7 Å². The Bertz CT molecular complexity index is 1680. The predicted molar refractivity (Wildman–Crippen MR) is 139 cm³/mol. The molecular formula is C29H21F3N4O3. The standard InChI is InChI=1S/C29H21F3N4O3/c1-17-24(13-21-14-27(37)36(34-21)22-9-7-20(8-10-22)29(30,31)32)25-15-23(39-2)11-12-26(25)35(17)28(38)19-5-3-18(16-33)4-6-19/h3-12,15H,13-14H2,1-2H3. The number of benzene rings is 3. The van der Waals surface area contributed by atoms with Gasteiger partial charge in [-0.05, 0) is 79.2 Å². The minimum atomic E-state index is -4.48. The lowest BCUT2D eigenvalue weighted by molar-refractivity contribution is -0.137. The minimum Gasteiger partial charge on any atom is -0.497 e. The van der Waals surface area contributed by atoms with Crippen LogP contribution in [0.4, 0.5) is 18.9 Å². The van der Waals surface area contributed by atoms with E-state index in [1.807, 2.05) is 12.1 Å². The fourth-order valence-corrected chi connectivity index (χ4v) is 4.67. The third kappa shape index (κ3) is 4.75. The maximum Gasteiger partial charge on any atom is 0.416 e. The van der Waals surface area contributed by atoms with Gasteiger partial charge in [0.1, 0.15) is 5.75 Å². The molecule has 0 radical (unpaired) electrons. The highest BCUT2D eigenvalue weighted by molar-refractivity contribution is 6.14. The number of fused-ring (bicyclic) bond motifs is 1. The number of rotatable bonds is 5. The van der Waals surface area contributed by atoms with Crippen LogP contribution in [0.3, 0.4) is 0 Å². The highest BCUT2D eigenvalue weighted by Gasteiger charge is 2.32. The van der Waals surface area contributed by atoms with Gasteiger partial charge in [-0.25, -0.2) is 5.01 Å². The van der Waals surface area contributed by atoms with Gasteiger partial charge < -0.3 is 4.74 Å². The van der Waals surface area contributed by atoms with E-state index in [1.54, 1.807) is 47.9 Å². The first-order valence-electron chi connectivity index (χ1n) is 11.9. The van der Waals surface area contributed by atoms with E-state index in [2.05, 4.69) is 5.10 Å². The van der Waals surface area contributed by atoms with Crippen molar-refractivity contribution in [2.45, 2.75) is 25.9 Å². The lowest BCUT2D eigenvalue weighted by Gasteiger charge is -2.13. The van der Waals surface area contributed by atoms with Gasteiger partial charge in [0.2, 0.25) is 0 Å². The summed E-state index contributed by atoms with van der Waals surface area (Å²) >= 11 is 0. The zero-order chi connectivity index (χ0) is 27.9. The lowest BCUT2D eigenvalue weighted by atomic mass is 10.0. The quantitative estimate of drug-likeness (QED) is 0.323. The molecule has 0 unspecified atom stereocenters. The van der Waals surface area contributed by atoms with Gasteiger partial charge in [-0.15, -0.1) is 0 Å². The molecule has 0 atom stereocenters. The summed E-state index contributed by atoms with van der Waals surface area (Å²) in [6, 6.07) is 18.0. The second kappa shape index (κ2) is 9.76. The SMILES string of the molecule is COc1ccc2c(c1)c(CC1=NN(c3ccc(C(F)(F)F)cc3)C(=O)C1)c(C)n2C(=O)c1ccc(C#N)cc1. The third-order valence-electron chi connectivity index (χ3n) is 6.66. The van der Waals surface area contributed by atoms with Crippen molar-refractivity contribution in [3.05, 3.63) is 94.7 Å². The number of halogens is 3. The van der Waals surface area contributed by atoms with Gasteiger partial charge in [0.15, 0.2) is 0 Å². The van der Waals surface area contributed by atoms with Gasteiger partial charge in [-0.3, -0.25) is 14.2 Å². The van der Waals surface area contributed by atoms with Crippen LogP contribution >= 0.6 is 0 Å². The van der Waals surface area contributed by atoms with Crippen molar-refractivity contribution < 1.29 is 27.5 Å². The van der Waals surface area contributed by atoms with E-state index in [4.69, 9.17) is 10.00 Å².